The summed E-state index contributed by atoms with van der Waals surface area (Å²) >= 11 is 0. The van der Waals surface area contributed by atoms with Gasteiger partial charge in [-0.25, -0.2) is 4.39 Å². The van der Waals surface area contributed by atoms with Crippen molar-refractivity contribution in [3.63, 3.8) is 0 Å². The monoisotopic (exact) mass is 443 g/mol. The highest BCUT2D eigenvalue weighted by molar-refractivity contribution is 5.81. The van der Waals surface area contributed by atoms with E-state index in [1.807, 2.05) is 11.1 Å². The van der Waals surface area contributed by atoms with Gasteiger partial charge in [-0.1, -0.05) is 6.08 Å². The molecular formula is C26H26FN5O. The smallest absolute Gasteiger partial charge is 0.229 e. The van der Waals surface area contributed by atoms with Gasteiger partial charge in [0.1, 0.15) is 5.82 Å². The molecule has 4 heterocycles. The third-order valence-electron chi connectivity index (χ3n) is 6.37. The normalized spacial score (nSPS) is 15.9. The summed E-state index contributed by atoms with van der Waals surface area (Å²) in [5.41, 5.74) is 13.1. The van der Waals surface area contributed by atoms with E-state index in [1.54, 1.807) is 24.3 Å². The van der Waals surface area contributed by atoms with Gasteiger partial charge in [0.05, 0.1) is 29.2 Å². The molecule has 0 spiro atoms. The number of nitrogens with two attached hydrogens (primary N) is 1. The molecule has 168 valence electrons. The molecule has 3 aromatic rings. The molecule has 1 aromatic carbocycles. The van der Waals surface area contributed by atoms with E-state index in [0.29, 0.717) is 30.2 Å². The average molecular weight is 444 g/mol. The predicted octanol–water partition coefficient (Wildman–Crippen LogP) is 3.67. The maximum absolute atomic E-state index is 13.2. The Hall–Kier alpha value is -3.58. The van der Waals surface area contributed by atoms with Crippen molar-refractivity contribution in [2.24, 2.45) is 0 Å². The van der Waals surface area contributed by atoms with Crippen LogP contribution in [0.1, 0.15) is 28.9 Å². The van der Waals surface area contributed by atoms with Gasteiger partial charge in [-0.2, -0.15) is 0 Å². The Morgan fingerprint density at radius 2 is 1.88 bits per heavy atom. The lowest BCUT2D eigenvalue weighted by Crippen LogP contribution is -2.27. The second-order valence-corrected chi connectivity index (χ2v) is 8.75. The summed E-state index contributed by atoms with van der Waals surface area (Å²) < 4.78 is 13.2. The molecule has 2 aliphatic rings. The van der Waals surface area contributed by atoms with Crippen LogP contribution in [0.4, 0.5) is 10.1 Å². The number of nitrogens with zero attached hydrogens (tertiary/aromatic N) is 4. The lowest BCUT2D eigenvalue weighted by molar-refractivity contribution is -0.131. The highest BCUT2D eigenvalue weighted by Crippen LogP contribution is 2.28. The molecule has 33 heavy (non-hydrogen) atoms. The van der Waals surface area contributed by atoms with Crippen LogP contribution in [-0.2, 0) is 24.3 Å². The number of hydrogen-bond acceptors (Lipinski definition) is 5. The van der Waals surface area contributed by atoms with Gasteiger partial charge in [0, 0.05) is 37.9 Å². The molecule has 2 N–H and O–H groups in total. The summed E-state index contributed by atoms with van der Waals surface area (Å²) in [6.45, 7) is 3.07. The molecule has 2 aliphatic heterocycles. The Bertz CT molecular complexity index is 1240. The number of anilines is 1. The Balaban J connectivity index is 1.30. The van der Waals surface area contributed by atoms with Crippen molar-refractivity contribution in [2.45, 2.75) is 25.9 Å². The van der Waals surface area contributed by atoms with Crippen molar-refractivity contribution in [1.82, 2.24) is 19.8 Å². The number of carbonyl (C=O) groups is 1. The van der Waals surface area contributed by atoms with Gasteiger partial charge >= 0.3 is 0 Å². The van der Waals surface area contributed by atoms with Gasteiger partial charge in [0.2, 0.25) is 5.91 Å². The molecule has 5 rings (SSSR count). The summed E-state index contributed by atoms with van der Waals surface area (Å²) in [5, 5.41) is 0. The van der Waals surface area contributed by atoms with E-state index in [1.165, 1.54) is 17.7 Å². The van der Waals surface area contributed by atoms with Crippen molar-refractivity contribution in [3.05, 3.63) is 83.1 Å². The van der Waals surface area contributed by atoms with E-state index in [-0.39, 0.29) is 18.1 Å². The topological polar surface area (TPSA) is 75.4 Å². The molecule has 0 atom stereocenters. The average Bonchev–Trinajstić information content (AvgIpc) is 3.25. The summed E-state index contributed by atoms with van der Waals surface area (Å²) in [7, 11) is 2.11. The van der Waals surface area contributed by atoms with Gasteiger partial charge in [-0.05, 0) is 72.6 Å². The van der Waals surface area contributed by atoms with Crippen molar-refractivity contribution in [3.8, 4) is 11.3 Å². The SMILES string of the molecule is CN1CC=C(c2cc3c(cn2)CN(C(=O)Cc2nc(-c4ccc(F)cc4)ccc2N)C3)CC1. The van der Waals surface area contributed by atoms with Crippen LogP contribution >= 0.6 is 0 Å². The highest BCUT2D eigenvalue weighted by atomic mass is 19.1. The largest absolute Gasteiger partial charge is 0.397 e. The first-order valence-corrected chi connectivity index (χ1v) is 11.1. The van der Waals surface area contributed by atoms with Gasteiger partial charge in [0.15, 0.2) is 0 Å². The van der Waals surface area contributed by atoms with Crippen LogP contribution < -0.4 is 5.73 Å². The zero-order chi connectivity index (χ0) is 22.9. The van der Waals surface area contributed by atoms with Gasteiger partial charge < -0.3 is 15.5 Å². The van der Waals surface area contributed by atoms with E-state index < -0.39 is 0 Å². The minimum atomic E-state index is -0.303. The van der Waals surface area contributed by atoms with Crippen LogP contribution in [0.3, 0.4) is 0 Å². The summed E-state index contributed by atoms with van der Waals surface area (Å²) in [6, 6.07) is 11.8. The molecule has 0 radical (unpaired) electrons. The number of likely N-dealkylation sites (N-methyl/N-ethyl adjacent to an activating group) is 1. The molecule has 0 aliphatic carbocycles. The number of fused-ring (bicyclic) bond motifs is 1. The molecule has 0 bridgehead atoms. The van der Waals surface area contributed by atoms with Crippen molar-refractivity contribution >= 4 is 17.2 Å². The van der Waals surface area contributed by atoms with E-state index in [9.17, 15) is 9.18 Å². The maximum atomic E-state index is 13.2. The number of hydrogen-bond donors (Lipinski definition) is 1. The Labute approximate surface area is 192 Å². The first kappa shape index (κ1) is 21.3. The minimum absolute atomic E-state index is 0.0262. The zero-order valence-electron chi connectivity index (χ0n) is 18.6. The van der Waals surface area contributed by atoms with Crippen LogP contribution in [0.15, 0.2) is 54.7 Å². The van der Waals surface area contributed by atoms with E-state index in [4.69, 9.17) is 5.73 Å². The molecule has 7 heteroatoms. The minimum Gasteiger partial charge on any atom is -0.397 e. The van der Waals surface area contributed by atoms with Crippen LogP contribution in [-0.4, -0.2) is 45.8 Å². The molecule has 0 saturated carbocycles. The molecular weight excluding hydrogens is 417 g/mol. The van der Waals surface area contributed by atoms with Crippen LogP contribution in [0, 0.1) is 5.82 Å². The molecule has 0 unspecified atom stereocenters. The Morgan fingerprint density at radius 1 is 1.09 bits per heavy atom. The van der Waals surface area contributed by atoms with E-state index in [0.717, 1.165) is 41.9 Å². The predicted molar refractivity (Wildman–Crippen MR) is 126 cm³/mol. The molecule has 0 fully saturated rings. The fraction of sp³-hybridized carbons (Fsp3) is 0.269. The second-order valence-electron chi connectivity index (χ2n) is 8.75. The van der Waals surface area contributed by atoms with Crippen LogP contribution in [0.5, 0.6) is 0 Å². The van der Waals surface area contributed by atoms with Gasteiger partial charge in [-0.15, -0.1) is 0 Å². The second kappa shape index (κ2) is 8.75. The van der Waals surface area contributed by atoms with Crippen molar-refractivity contribution in [2.75, 3.05) is 25.9 Å². The van der Waals surface area contributed by atoms with Crippen LogP contribution in [0.2, 0.25) is 0 Å². The fourth-order valence-electron chi connectivity index (χ4n) is 4.33. The Morgan fingerprint density at radius 3 is 2.64 bits per heavy atom. The number of pyridine rings is 2. The first-order valence-electron chi connectivity index (χ1n) is 11.1. The first-order chi connectivity index (χ1) is 16.0. The van der Waals surface area contributed by atoms with Gasteiger partial charge in [-0.3, -0.25) is 14.8 Å². The van der Waals surface area contributed by atoms with Crippen molar-refractivity contribution in [1.29, 1.82) is 0 Å². The number of carbonyl (C=O) groups excluding carboxylic acids is 1. The molecule has 0 saturated heterocycles. The lowest BCUT2D eigenvalue weighted by atomic mass is 10.0. The molecule has 2 aromatic heterocycles. The van der Waals surface area contributed by atoms with Gasteiger partial charge in [0.25, 0.3) is 0 Å². The number of rotatable bonds is 4. The Kier molecular flexibility index (Phi) is 5.64. The summed E-state index contributed by atoms with van der Waals surface area (Å²) in [4.78, 5) is 26.5. The highest BCUT2D eigenvalue weighted by Gasteiger charge is 2.25. The number of amides is 1. The number of halogens is 1. The summed E-state index contributed by atoms with van der Waals surface area (Å²) in [6.07, 6.45) is 5.24. The number of benzene rings is 1. The quantitative estimate of drug-likeness (QED) is 0.666. The van der Waals surface area contributed by atoms with E-state index >= 15 is 0 Å². The third-order valence-corrected chi connectivity index (χ3v) is 6.37. The standard InChI is InChI=1S/C26H26FN5O/c1-31-10-8-18(9-11-31)24-12-19-15-32(16-20(19)14-29-24)26(33)13-25-22(28)6-7-23(30-25)17-2-4-21(27)5-3-17/h2-8,12,14H,9-11,13,15-16,28H2,1H3. The molecule has 1 amide bonds. The number of aromatic nitrogens is 2. The summed E-state index contributed by atoms with van der Waals surface area (Å²) in [5.74, 6) is -0.329. The third kappa shape index (κ3) is 4.50. The maximum Gasteiger partial charge on any atom is 0.229 e. The van der Waals surface area contributed by atoms with Crippen molar-refractivity contribution < 1.29 is 9.18 Å². The fourth-order valence-corrected chi connectivity index (χ4v) is 4.33. The zero-order valence-corrected chi connectivity index (χ0v) is 18.6. The lowest BCUT2D eigenvalue weighted by Gasteiger charge is -2.21. The number of nitrogen functional groups attached to an aromatic ring is 1. The van der Waals surface area contributed by atoms with Crippen LogP contribution in [0.25, 0.3) is 16.8 Å². The van der Waals surface area contributed by atoms with E-state index in [2.05, 4.69) is 34.1 Å². The molecule has 6 nitrogen and oxygen atoms in total.